The Kier molecular flexibility index (Phi) is 2.09. The number of nitrogens with zero attached hydrogens (tertiary/aromatic N) is 2. The Hall–Kier alpha value is -1.36. The number of nitriles is 2. The summed E-state index contributed by atoms with van der Waals surface area (Å²) in [4.78, 5) is 0. The van der Waals surface area contributed by atoms with Crippen LogP contribution in [0.25, 0.3) is 0 Å². The molecule has 0 spiro atoms. The van der Waals surface area contributed by atoms with Crippen molar-refractivity contribution in [3.63, 3.8) is 0 Å². The van der Waals surface area contributed by atoms with E-state index in [-0.39, 0.29) is 24.0 Å². The lowest BCUT2D eigenvalue weighted by Gasteiger charge is -2.50. The molecule has 2 heterocycles. The minimum atomic E-state index is 0.00894. The molecule has 18 heavy (non-hydrogen) atoms. The highest BCUT2D eigenvalue weighted by Gasteiger charge is 2.61. The fraction of sp³-hybridized carbons (Fsp3) is 0.714. The Morgan fingerprint density at radius 1 is 0.833 bits per heavy atom. The van der Waals surface area contributed by atoms with E-state index in [4.69, 9.17) is 9.47 Å². The van der Waals surface area contributed by atoms with E-state index in [1.165, 1.54) is 0 Å². The maximum atomic E-state index is 9.41. The zero-order chi connectivity index (χ0) is 12.3. The van der Waals surface area contributed by atoms with Gasteiger partial charge in [-0.05, 0) is 24.7 Å². The summed E-state index contributed by atoms with van der Waals surface area (Å²) in [6.07, 6.45) is 2.28. The predicted octanol–water partition coefficient (Wildman–Crippen LogP) is 1.40. The van der Waals surface area contributed by atoms with Crippen molar-refractivity contribution in [2.24, 2.45) is 23.7 Å². The zero-order valence-electron chi connectivity index (χ0n) is 10.0. The van der Waals surface area contributed by atoms with Gasteiger partial charge < -0.3 is 9.47 Å². The van der Waals surface area contributed by atoms with E-state index in [0.717, 1.165) is 31.6 Å². The molecule has 2 saturated heterocycles. The first-order chi connectivity index (χ1) is 8.86. The molecule has 3 fully saturated rings. The van der Waals surface area contributed by atoms with E-state index < -0.39 is 0 Å². The van der Waals surface area contributed by atoms with Crippen LogP contribution < -0.4 is 0 Å². The predicted molar refractivity (Wildman–Crippen MR) is 60.9 cm³/mol. The lowest BCUT2D eigenvalue weighted by Crippen LogP contribution is -2.54. The average Bonchev–Trinajstić information content (AvgIpc) is 3.06. The summed E-state index contributed by atoms with van der Waals surface area (Å²) in [6.45, 7) is 1.53. The first-order valence-electron chi connectivity index (χ1n) is 6.64. The van der Waals surface area contributed by atoms with Crippen LogP contribution >= 0.6 is 0 Å². The second-order valence-electron chi connectivity index (χ2n) is 5.68. The SMILES string of the molecule is N#CC1=C(C#N)C2[C@@H]3CCO[C@@H]3C1[C@H]1OCC[C@@H]21. The molecule has 0 N–H and O–H groups in total. The van der Waals surface area contributed by atoms with Gasteiger partial charge in [0.15, 0.2) is 0 Å². The molecule has 5 rings (SSSR count). The molecule has 4 heteroatoms. The molecular weight excluding hydrogens is 228 g/mol. The Balaban J connectivity index is 1.91. The minimum absolute atomic E-state index is 0.00894. The zero-order valence-corrected chi connectivity index (χ0v) is 10.0. The van der Waals surface area contributed by atoms with Gasteiger partial charge in [-0.1, -0.05) is 0 Å². The Morgan fingerprint density at radius 2 is 1.33 bits per heavy atom. The fourth-order valence-electron chi connectivity index (χ4n) is 4.65. The lowest BCUT2D eigenvalue weighted by molar-refractivity contribution is -0.0839. The van der Waals surface area contributed by atoms with Gasteiger partial charge in [0.25, 0.3) is 0 Å². The van der Waals surface area contributed by atoms with Crippen LogP contribution in [0.3, 0.4) is 0 Å². The molecule has 4 nitrogen and oxygen atoms in total. The molecule has 92 valence electrons. The van der Waals surface area contributed by atoms with Crippen LogP contribution in [-0.2, 0) is 9.47 Å². The molecule has 0 amide bonds. The van der Waals surface area contributed by atoms with Crippen molar-refractivity contribution in [2.75, 3.05) is 13.2 Å². The van der Waals surface area contributed by atoms with Crippen molar-refractivity contribution in [1.29, 1.82) is 10.5 Å². The highest BCUT2D eigenvalue weighted by atomic mass is 16.5. The number of hydrogen-bond acceptors (Lipinski definition) is 4. The lowest BCUT2D eigenvalue weighted by atomic mass is 9.54. The third-order valence-electron chi connectivity index (χ3n) is 5.20. The molecule has 0 aromatic rings. The quantitative estimate of drug-likeness (QED) is 0.644. The van der Waals surface area contributed by atoms with Gasteiger partial charge in [0.05, 0.1) is 29.9 Å². The van der Waals surface area contributed by atoms with Crippen LogP contribution in [0, 0.1) is 46.3 Å². The van der Waals surface area contributed by atoms with Crippen LogP contribution in [0.2, 0.25) is 0 Å². The largest absolute Gasteiger partial charge is 0.377 e. The molecular formula is C14H14N2O2. The topological polar surface area (TPSA) is 66.0 Å². The summed E-state index contributed by atoms with van der Waals surface area (Å²) < 4.78 is 11.7. The molecule has 0 aromatic carbocycles. The maximum Gasteiger partial charge on any atom is 0.0962 e. The van der Waals surface area contributed by atoms with Crippen LogP contribution in [0.15, 0.2) is 11.1 Å². The molecule has 0 aromatic heterocycles. The van der Waals surface area contributed by atoms with Crippen LogP contribution in [-0.4, -0.2) is 25.4 Å². The Labute approximate surface area is 106 Å². The summed E-state index contributed by atoms with van der Waals surface area (Å²) in [5.41, 5.74) is 1.38. The Bertz CT molecular complexity index is 447. The number of allylic oxidation sites excluding steroid dienone is 1. The summed E-state index contributed by atoms with van der Waals surface area (Å²) in [6, 6.07) is 4.57. The second kappa shape index (κ2) is 3.57. The molecule has 4 atom stereocenters. The van der Waals surface area contributed by atoms with E-state index in [0.29, 0.717) is 17.4 Å². The smallest absolute Gasteiger partial charge is 0.0962 e. The molecule has 5 aliphatic rings. The van der Waals surface area contributed by atoms with E-state index in [1.54, 1.807) is 0 Å². The summed E-state index contributed by atoms with van der Waals surface area (Å²) in [5.74, 6) is 1.08. The van der Waals surface area contributed by atoms with E-state index in [2.05, 4.69) is 12.1 Å². The average molecular weight is 242 g/mol. The number of hydrogen-bond donors (Lipinski definition) is 0. The third-order valence-corrected chi connectivity index (χ3v) is 5.20. The van der Waals surface area contributed by atoms with E-state index in [1.807, 2.05) is 0 Å². The van der Waals surface area contributed by atoms with Gasteiger partial charge in [0.2, 0.25) is 0 Å². The van der Waals surface area contributed by atoms with Gasteiger partial charge in [-0.25, -0.2) is 0 Å². The molecule has 0 unspecified atom stereocenters. The first kappa shape index (κ1) is 10.6. The summed E-state index contributed by atoms with van der Waals surface area (Å²) in [7, 11) is 0. The Morgan fingerprint density at radius 3 is 1.83 bits per heavy atom. The normalized spacial score (nSPS) is 48.6. The van der Waals surface area contributed by atoms with Crippen molar-refractivity contribution >= 4 is 0 Å². The third kappa shape index (κ3) is 1.06. The highest BCUT2D eigenvalue weighted by Crippen LogP contribution is 2.58. The van der Waals surface area contributed by atoms with Gasteiger partial charge in [-0.15, -0.1) is 0 Å². The van der Waals surface area contributed by atoms with Crippen LogP contribution in [0.4, 0.5) is 0 Å². The molecule has 0 radical (unpaired) electrons. The molecule has 2 aliphatic heterocycles. The first-order valence-corrected chi connectivity index (χ1v) is 6.64. The second-order valence-corrected chi connectivity index (χ2v) is 5.68. The van der Waals surface area contributed by atoms with Gasteiger partial charge >= 0.3 is 0 Å². The van der Waals surface area contributed by atoms with Gasteiger partial charge in [-0.2, -0.15) is 10.5 Å². The maximum absolute atomic E-state index is 9.41. The standard InChI is InChI=1S/C14H14N2O2/c15-5-9-10(6-16)12-13-7(1-3-17-13)11(9)8-2-4-18-14(8)12/h7-8,11-14H,1-4H2/t7-,8-,11?,12?,13-,14-/m0/s1. The molecule has 1 saturated carbocycles. The summed E-state index contributed by atoms with van der Waals surface area (Å²) in [5, 5.41) is 18.8. The molecule has 2 bridgehead atoms. The fourth-order valence-corrected chi connectivity index (χ4v) is 4.65. The monoisotopic (exact) mass is 242 g/mol. The van der Waals surface area contributed by atoms with Gasteiger partial charge in [-0.3, -0.25) is 0 Å². The van der Waals surface area contributed by atoms with Crippen molar-refractivity contribution in [3.05, 3.63) is 11.1 Å². The summed E-state index contributed by atoms with van der Waals surface area (Å²) >= 11 is 0. The van der Waals surface area contributed by atoms with Crippen LogP contribution in [0.5, 0.6) is 0 Å². The van der Waals surface area contributed by atoms with Crippen molar-refractivity contribution in [2.45, 2.75) is 25.0 Å². The van der Waals surface area contributed by atoms with E-state index in [9.17, 15) is 10.5 Å². The highest BCUT2D eigenvalue weighted by molar-refractivity contribution is 5.48. The van der Waals surface area contributed by atoms with Crippen molar-refractivity contribution in [3.8, 4) is 12.1 Å². The minimum Gasteiger partial charge on any atom is -0.377 e. The van der Waals surface area contributed by atoms with Gasteiger partial charge in [0, 0.05) is 30.6 Å². The number of rotatable bonds is 0. The van der Waals surface area contributed by atoms with Gasteiger partial charge in [0.1, 0.15) is 0 Å². The van der Waals surface area contributed by atoms with Crippen molar-refractivity contribution in [1.82, 2.24) is 0 Å². The van der Waals surface area contributed by atoms with E-state index >= 15 is 0 Å². The van der Waals surface area contributed by atoms with Crippen LogP contribution in [0.1, 0.15) is 12.8 Å². The number of ether oxygens (including phenoxy) is 2. The van der Waals surface area contributed by atoms with Crippen molar-refractivity contribution < 1.29 is 9.47 Å². The molecule has 3 aliphatic carbocycles.